The van der Waals surface area contributed by atoms with Gasteiger partial charge in [-0.3, -0.25) is 10.1 Å². The summed E-state index contributed by atoms with van der Waals surface area (Å²) < 4.78 is 4.46. The fourth-order valence-electron chi connectivity index (χ4n) is 2.39. The molecule has 2 amide bonds. The summed E-state index contributed by atoms with van der Waals surface area (Å²) in [6.45, 7) is 0.671. The van der Waals surface area contributed by atoms with Gasteiger partial charge in [-0.2, -0.15) is 9.90 Å². The minimum Gasteiger partial charge on any atom is -0.453 e. The van der Waals surface area contributed by atoms with Crippen molar-refractivity contribution in [3.63, 3.8) is 0 Å². The summed E-state index contributed by atoms with van der Waals surface area (Å²) in [6.07, 6.45) is 1.58. The Morgan fingerprint density at radius 2 is 2.18 bits per heavy atom. The summed E-state index contributed by atoms with van der Waals surface area (Å²) in [6, 6.07) is 7.83. The molecule has 2 heterocycles. The maximum Gasteiger partial charge on any atom is 0.412 e. The number of carbonyl (C=O) groups excluding carboxylic acids is 2. The first-order valence-corrected chi connectivity index (χ1v) is 6.81. The number of carbonyl (C=O) groups is 2. The number of nitrogens with one attached hydrogen (secondary N) is 1. The summed E-state index contributed by atoms with van der Waals surface area (Å²) in [7, 11) is 1.26. The minimum atomic E-state index is -0.633. The van der Waals surface area contributed by atoms with E-state index in [4.69, 9.17) is 0 Å². The molecule has 0 spiro atoms. The Kier molecular flexibility index (Phi) is 3.73. The normalized spacial score (nSPS) is 12.9. The maximum atomic E-state index is 12.4. The number of fused-ring (bicyclic) bond motifs is 1. The number of hydrogen-bond donors (Lipinski definition) is 1. The average molecular weight is 301 g/mol. The van der Waals surface area contributed by atoms with Crippen LogP contribution in [0.1, 0.15) is 5.56 Å². The lowest BCUT2D eigenvalue weighted by Crippen LogP contribution is -2.32. The van der Waals surface area contributed by atoms with Gasteiger partial charge < -0.3 is 9.64 Å². The van der Waals surface area contributed by atoms with Crippen LogP contribution >= 0.6 is 0 Å². The zero-order valence-corrected chi connectivity index (χ0v) is 12.0. The lowest BCUT2D eigenvalue weighted by atomic mass is 10.2. The van der Waals surface area contributed by atoms with Crippen molar-refractivity contribution in [3.05, 3.63) is 36.0 Å². The average Bonchev–Trinajstić information content (AvgIpc) is 3.13. The largest absolute Gasteiger partial charge is 0.453 e. The van der Waals surface area contributed by atoms with Crippen molar-refractivity contribution in [2.24, 2.45) is 0 Å². The minimum absolute atomic E-state index is 0.0111. The number of para-hydroxylation sites is 1. The number of methoxy groups -OCH3 is 1. The fourth-order valence-corrected chi connectivity index (χ4v) is 2.39. The molecule has 8 heteroatoms. The van der Waals surface area contributed by atoms with Crippen molar-refractivity contribution in [1.82, 2.24) is 15.0 Å². The molecule has 0 radical (unpaired) electrons. The first-order valence-electron chi connectivity index (χ1n) is 6.81. The summed E-state index contributed by atoms with van der Waals surface area (Å²) in [5.41, 5.74) is 2.10. The molecule has 1 aliphatic heterocycles. The maximum absolute atomic E-state index is 12.4. The van der Waals surface area contributed by atoms with Gasteiger partial charge in [-0.05, 0) is 18.1 Å². The predicted molar refractivity (Wildman–Crippen MR) is 78.5 cm³/mol. The Bertz CT molecular complexity index is 712. The zero-order valence-electron chi connectivity index (χ0n) is 12.0. The van der Waals surface area contributed by atoms with E-state index in [9.17, 15) is 9.59 Å². The van der Waals surface area contributed by atoms with Gasteiger partial charge in [0.15, 0.2) is 5.82 Å². The molecule has 8 nitrogen and oxygen atoms in total. The highest BCUT2D eigenvalue weighted by atomic mass is 16.5. The number of aromatic nitrogens is 3. The van der Waals surface area contributed by atoms with Crippen LogP contribution in [-0.4, -0.2) is 40.6 Å². The van der Waals surface area contributed by atoms with Crippen molar-refractivity contribution in [2.45, 2.75) is 13.0 Å². The number of rotatable bonds is 3. The molecule has 1 aromatic carbocycles. The number of ether oxygens (including phenoxy) is 1. The molecule has 0 bridgehead atoms. The van der Waals surface area contributed by atoms with Crippen LogP contribution in [0, 0.1) is 0 Å². The zero-order chi connectivity index (χ0) is 15.5. The van der Waals surface area contributed by atoms with Gasteiger partial charge in [-0.15, -0.1) is 5.10 Å². The van der Waals surface area contributed by atoms with Crippen LogP contribution in [0.3, 0.4) is 0 Å². The van der Waals surface area contributed by atoms with Gasteiger partial charge in [-0.1, -0.05) is 18.2 Å². The Hall–Kier alpha value is -2.90. The molecule has 0 aliphatic carbocycles. The van der Waals surface area contributed by atoms with Crippen LogP contribution in [0.25, 0.3) is 0 Å². The van der Waals surface area contributed by atoms with Crippen LogP contribution in [0.15, 0.2) is 30.5 Å². The molecule has 1 aromatic heterocycles. The van der Waals surface area contributed by atoms with E-state index in [2.05, 4.69) is 20.3 Å². The highest BCUT2D eigenvalue weighted by Crippen LogP contribution is 2.27. The molecule has 0 saturated heterocycles. The number of hydrogen-bond acceptors (Lipinski definition) is 5. The standard InChI is InChI=1S/C14H15N5O3/c1-22-14(21)16-12-8-15-19(17-12)9-13(20)18-7-6-10-4-2-3-5-11(10)18/h2-5,8H,6-7,9H2,1H3,(H,16,17,21). The molecule has 0 fully saturated rings. The van der Waals surface area contributed by atoms with Gasteiger partial charge in [0, 0.05) is 12.2 Å². The highest BCUT2D eigenvalue weighted by Gasteiger charge is 2.24. The lowest BCUT2D eigenvalue weighted by molar-refractivity contribution is -0.119. The predicted octanol–water partition coefficient (Wildman–Crippen LogP) is 1.05. The van der Waals surface area contributed by atoms with Crippen LogP contribution in [0.2, 0.25) is 0 Å². The van der Waals surface area contributed by atoms with E-state index in [0.29, 0.717) is 6.54 Å². The molecular formula is C14H15N5O3. The number of benzene rings is 1. The number of nitrogens with zero attached hydrogens (tertiary/aromatic N) is 4. The number of amides is 2. The third-order valence-corrected chi connectivity index (χ3v) is 3.42. The molecule has 1 N–H and O–H groups in total. The Morgan fingerprint density at radius 1 is 1.36 bits per heavy atom. The van der Waals surface area contributed by atoms with Crippen LogP contribution in [-0.2, 0) is 22.5 Å². The monoisotopic (exact) mass is 301 g/mol. The van der Waals surface area contributed by atoms with Crippen molar-refractivity contribution in [3.8, 4) is 0 Å². The summed E-state index contributed by atoms with van der Waals surface area (Å²) in [5, 5.41) is 10.4. The van der Waals surface area contributed by atoms with Crippen molar-refractivity contribution in [2.75, 3.05) is 23.9 Å². The quantitative estimate of drug-likeness (QED) is 0.915. The summed E-state index contributed by atoms with van der Waals surface area (Å²) in [4.78, 5) is 26.4. The van der Waals surface area contributed by atoms with E-state index >= 15 is 0 Å². The highest BCUT2D eigenvalue weighted by molar-refractivity contribution is 5.95. The first kappa shape index (κ1) is 14.1. The van der Waals surface area contributed by atoms with E-state index in [-0.39, 0.29) is 18.3 Å². The van der Waals surface area contributed by atoms with Crippen molar-refractivity contribution >= 4 is 23.5 Å². The fraction of sp³-hybridized carbons (Fsp3) is 0.286. The van der Waals surface area contributed by atoms with Crippen LogP contribution < -0.4 is 10.2 Å². The topological polar surface area (TPSA) is 89.3 Å². The smallest absolute Gasteiger partial charge is 0.412 e. The molecule has 3 rings (SSSR count). The van der Waals surface area contributed by atoms with E-state index in [1.807, 2.05) is 24.3 Å². The van der Waals surface area contributed by atoms with E-state index in [1.165, 1.54) is 18.1 Å². The van der Waals surface area contributed by atoms with Gasteiger partial charge in [0.2, 0.25) is 0 Å². The Labute approximate surface area is 126 Å². The second kappa shape index (κ2) is 5.84. The Balaban J connectivity index is 1.67. The third-order valence-electron chi connectivity index (χ3n) is 3.42. The van der Waals surface area contributed by atoms with Gasteiger partial charge >= 0.3 is 6.09 Å². The van der Waals surface area contributed by atoms with Crippen molar-refractivity contribution in [1.29, 1.82) is 0 Å². The molecule has 0 atom stereocenters. The van der Waals surface area contributed by atoms with Gasteiger partial charge in [-0.25, -0.2) is 4.79 Å². The van der Waals surface area contributed by atoms with Crippen LogP contribution in [0.4, 0.5) is 16.3 Å². The molecule has 22 heavy (non-hydrogen) atoms. The van der Waals surface area contributed by atoms with E-state index in [1.54, 1.807) is 4.90 Å². The second-order valence-electron chi connectivity index (χ2n) is 4.80. The van der Waals surface area contributed by atoms with Crippen LogP contribution in [0.5, 0.6) is 0 Å². The molecule has 1 aliphatic rings. The summed E-state index contributed by atoms with van der Waals surface area (Å²) in [5.74, 6) is 0.145. The Morgan fingerprint density at radius 3 is 3.00 bits per heavy atom. The SMILES string of the molecule is COC(=O)Nc1cnn(CC(=O)N2CCc3ccccc32)n1. The van der Waals surface area contributed by atoms with Crippen molar-refractivity contribution < 1.29 is 14.3 Å². The number of anilines is 2. The van der Waals surface area contributed by atoms with E-state index < -0.39 is 6.09 Å². The third kappa shape index (κ3) is 2.76. The summed E-state index contributed by atoms with van der Waals surface area (Å²) >= 11 is 0. The van der Waals surface area contributed by atoms with Gasteiger partial charge in [0.05, 0.1) is 13.3 Å². The molecule has 0 saturated carbocycles. The molecular weight excluding hydrogens is 286 g/mol. The van der Waals surface area contributed by atoms with Gasteiger partial charge in [0.1, 0.15) is 6.54 Å². The molecule has 114 valence electrons. The van der Waals surface area contributed by atoms with E-state index in [0.717, 1.165) is 17.7 Å². The first-order chi connectivity index (χ1) is 10.7. The second-order valence-corrected chi connectivity index (χ2v) is 4.80. The molecule has 0 unspecified atom stereocenters. The lowest BCUT2D eigenvalue weighted by Gasteiger charge is -2.16. The van der Waals surface area contributed by atoms with Gasteiger partial charge in [0.25, 0.3) is 5.91 Å². The molecule has 2 aromatic rings.